The molecule has 0 unspecified atom stereocenters. The van der Waals surface area contributed by atoms with Crippen LogP contribution < -0.4 is 9.80 Å². The normalized spacial score (nSPS) is 10.9. The number of benzene rings is 8. The molecule has 0 bridgehead atoms. The summed E-state index contributed by atoms with van der Waals surface area (Å²) in [4.78, 5) is 4.66. The number of rotatable bonds is 8. The number of hydrogen-bond acceptors (Lipinski definition) is 2. The SMILES string of the molecule is c1ccc(-c2ccc(N(c3ccccc3)c3ccc4ccc(N(c5ccccc5)c5ccc(-c6ccccc6)cc5)cc4c3)cc2)cc1. The molecule has 0 saturated carbocycles. The molecule has 0 fully saturated rings. The van der Waals surface area contributed by atoms with Crippen LogP contribution in [0.25, 0.3) is 33.0 Å². The van der Waals surface area contributed by atoms with Gasteiger partial charge in [-0.15, -0.1) is 0 Å². The lowest BCUT2D eigenvalue weighted by Gasteiger charge is -2.27. The van der Waals surface area contributed by atoms with Gasteiger partial charge in [0.25, 0.3) is 0 Å². The number of hydrogen-bond donors (Lipinski definition) is 0. The van der Waals surface area contributed by atoms with Crippen LogP contribution in [0.2, 0.25) is 0 Å². The van der Waals surface area contributed by atoms with E-state index in [9.17, 15) is 0 Å². The second kappa shape index (κ2) is 13.2. The standard InChI is InChI=1S/C46H34N2/c1-5-13-35(14-6-1)37-21-27-43(28-22-37)47(41-17-9-3-10-18-41)45-31-25-39-26-32-46(34-40(39)33-45)48(42-19-11-4-12-20-42)44-29-23-38(24-30-44)36-15-7-2-8-16-36/h1-34H. The van der Waals surface area contributed by atoms with Crippen molar-refractivity contribution >= 4 is 44.9 Å². The van der Waals surface area contributed by atoms with Gasteiger partial charge in [-0.25, -0.2) is 0 Å². The predicted octanol–water partition coefficient (Wildman–Crippen LogP) is 13.1. The highest BCUT2D eigenvalue weighted by Crippen LogP contribution is 2.40. The molecule has 2 nitrogen and oxygen atoms in total. The molecule has 0 aliphatic carbocycles. The maximum Gasteiger partial charge on any atom is 0.0468 e. The zero-order valence-electron chi connectivity index (χ0n) is 26.5. The van der Waals surface area contributed by atoms with Gasteiger partial charge in [0.2, 0.25) is 0 Å². The molecular weight excluding hydrogens is 581 g/mol. The molecule has 0 aromatic heterocycles. The molecule has 0 saturated heterocycles. The van der Waals surface area contributed by atoms with Gasteiger partial charge in [0.05, 0.1) is 0 Å². The summed E-state index contributed by atoms with van der Waals surface area (Å²) in [6.45, 7) is 0. The molecule has 8 aromatic carbocycles. The third kappa shape index (κ3) is 5.95. The number of fused-ring (bicyclic) bond motifs is 1. The molecule has 0 aliphatic rings. The molecule has 0 amide bonds. The first-order valence-corrected chi connectivity index (χ1v) is 16.4. The molecule has 8 rings (SSSR count). The summed E-state index contributed by atoms with van der Waals surface area (Å²) < 4.78 is 0. The van der Waals surface area contributed by atoms with E-state index in [4.69, 9.17) is 0 Å². The quantitative estimate of drug-likeness (QED) is 0.168. The molecule has 0 spiro atoms. The smallest absolute Gasteiger partial charge is 0.0468 e. The average molecular weight is 615 g/mol. The Morgan fingerprint density at radius 3 is 0.875 bits per heavy atom. The number of para-hydroxylation sites is 2. The Kier molecular flexibility index (Phi) is 7.96. The van der Waals surface area contributed by atoms with Gasteiger partial charge in [-0.3, -0.25) is 0 Å². The van der Waals surface area contributed by atoms with Crippen LogP contribution in [0.1, 0.15) is 0 Å². The van der Waals surface area contributed by atoms with Crippen molar-refractivity contribution in [2.45, 2.75) is 0 Å². The topological polar surface area (TPSA) is 6.48 Å². The van der Waals surface area contributed by atoms with Gasteiger partial charge in [0, 0.05) is 34.1 Å². The molecule has 0 heterocycles. The van der Waals surface area contributed by atoms with Crippen LogP contribution in [0, 0.1) is 0 Å². The third-order valence-electron chi connectivity index (χ3n) is 8.82. The van der Waals surface area contributed by atoms with Gasteiger partial charge in [-0.1, -0.05) is 133 Å². The van der Waals surface area contributed by atoms with Crippen molar-refractivity contribution in [3.8, 4) is 22.3 Å². The van der Waals surface area contributed by atoms with E-state index < -0.39 is 0 Å². The van der Waals surface area contributed by atoms with E-state index in [1.807, 2.05) is 0 Å². The second-order valence-electron chi connectivity index (χ2n) is 11.9. The first-order valence-electron chi connectivity index (χ1n) is 16.4. The number of nitrogens with zero attached hydrogens (tertiary/aromatic N) is 2. The number of anilines is 6. The van der Waals surface area contributed by atoms with Gasteiger partial charge in [0.15, 0.2) is 0 Å². The van der Waals surface area contributed by atoms with Crippen LogP contribution in [0.4, 0.5) is 34.1 Å². The lowest BCUT2D eigenvalue weighted by Crippen LogP contribution is -2.10. The molecule has 228 valence electrons. The van der Waals surface area contributed by atoms with Crippen molar-refractivity contribution in [3.63, 3.8) is 0 Å². The van der Waals surface area contributed by atoms with E-state index in [0.29, 0.717) is 0 Å². The van der Waals surface area contributed by atoms with Crippen LogP contribution in [0.3, 0.4) is 0 Å². The molecule has 0 atom stereocenters. The maximum atomic E-state index is 2.33. The van der Waals surface area contributed by atoms with Crippen molar-refractivity contribution in [3.05, 3.63) is 206 Å². The average Bonchev–Trinajstić information content (AvgIpc) is 3.17. The van der Waals surface area contributed by atoms with Crippen LogP contribution >= 0.6 is 0 Å². The van der Waals surface area contributed by atoms with Gasteiger partial charge in [-0.05, 0) is 106 Å². The van der Waals surface area contributed by atoms with E-state index >= 15 is 0 Å². The minimum absolute atomic E-state index is 1.11. The Balaban J connectivity index is 1.20. The lowest BCUT2D eigenvalue weighted by molar-refractivity contribution is 1.28. The Morgan fingerprint density at radius 2 is 0.500 bits per heavy atom. The first-order chi connectivity index (χ1) is 23.8. The van der Waals surface area contributed by atoms with Gasteiger partial charge in [0.1, 0.15) is 0 Å². The highest BCUT2D eigenvalue weighted by atomic mass is 15.1. The van der Waals surface area contributed by atoms with Gasteiger partial charge < -0.3 is 9.80 Å². The molecule has 8 aromatic rings. The Labute approximate surface area is 282 Å². The minimum Gasteiger partial charge on any atom is -0.310 e. The van der Waals surface area contributed by atoms with E-state index in [0.717, 1.165) is 34.1 Å². The van der Waals surface area contributed by atoms with Crippen molar-refractivity contribution < 1.29 is 0 Å². The second-order valence-corrected chi connectivity index (χ2v) is 11.9. The molecule has 0 N–H and O–H groups in total. The van der Waals surface area contributed by atoms with E-state index in [1.165, 1.54) is 33.0 Å². The largest absolute Gasteiger partial charge is 0.310 e. The Morgan fingerprint density at radius 1 is 0.208 bits per heavy atom. The minimum atomic E-state index is 1.11. The van der Waals surface area contributed by atoms with Crippen molar-refractivity contribution in [2.75, 3.05) is 9.80 Å². The zero-order chi connectivity index (χ0) is 32.1. The highest BCUT2D eigenvalue weighted by Gasteiger charge is 2.16. The highest BCUT2D eigenvalue weighted by molar-refractivity contribution is 5.93. The van der Waals surface area contributed by atoms with Crippen molar-refractivity contribution in [1.82, 2.24) is 0 Å². The molecule has 0 aliphatic heterocycles. The predicted molar refractivity (Wildman–Crippen MR) is 204 cm³/mol. The summed E-state index contributed by atoms with van der Waals surface area (Å²) in [5.74, 6) is 0. The Bertz CT molecular complexity index is 2090. The third-order valence-corrected chi connectivity index (χ3v) is 8.82. The van der Waals surface area contributed by atoms with Crippen molar-refractivity contribution in [1.29, 1.82) is 0 Å². The fourth-order valence-electron chi connectivity index (χ4n) is 6.42. The maximum absolute atomic E-state index is 2.33. The van der Waals surface area contributed by atoms with Crippen LogP contribution in [-0.2, 0) is 0 Å². The summed E-state index contributed by atoms with van der Waals surface area (Å²) in [6, 6.07) is 73.5. The van der Waals surface area contributed by atoms with Crippen LogP contribution in [-0.4, -0.2) is 0 Å². The lowest BCUT2D eigenvalue weighted by atomic mass is 10.0. The Hall–Kier alpha value is -6.38. The first kappa shape index (κ1) is 29.1. The summed E-state index contributed by atoms with van der Waals surface area (Å²) in [5.41, 5.74) is 11.5. The van der Waals surface area contributed by atoms with E-state index in [1.54, 1.807) is 0 Å². The van der Waals surface area contributed by atoms with E-state index in [-0.39, 0.29) is 0 Å². The molecule has 0 radical (unpaired) electrons. The fourth-order valence-corrected chi connectivity index (χ4v) is 6.42. The molecule has 2 heteroatoms. The van der Waals surface area contributed by atoms with Crippen molar-refractivity contribution in [2.24, 2.45) is 0 Å². The van der Waals surface area contributed by atoms with Crippen LogP contribution in [0.15, 0.2) is 206 Å². The summed E-state index contributed by atoms with van der Waals surface area (Å²) in [5, 5.41) is 2.37. The van der Waals surface area contributed by atoms with Gasteiger partial charge >= 0.3 is 0 Å². The zero-order valence-corrected chi connectivity index (χ0v) is 26.5. The summed E-state index contributed by atoms with van der Waals surface area (Å²) in [7, 11) is 0. The fraction of sp³-hybridized carbons (Fsp3) is 0. The summed E-state index contributed by atoms with van der Waals surface area (Å²) in [6.07, 6.45) is 0. The van der Waals surface area contributed by atoms with E-state index in [2.05, 4.69) is 216 Å². The molecular formula is C46H34N2. The summed E-state index contributed by atoms with van der Waals surface area (Å²) >= 11 is 0. The van der Waals surface area contributed by atoms with Crippen LogP contribution in [0.5, 0.6) is 0 Å². The molecule has 48 heavy (non-hydrogen) atoms. The monoisotopic (exact) mass is 614 g/mol. The van der Waals surface area contributed by atoms with Gasteiger partial charge in [-0.2, -0.15) is 0 Å².